The van der Waals surface area contributed by atoms with Crippen LogP contribution in [-0.2, 0) is 9.53 Å². The molecule has 1 saturated heterocycles. The van der Waals surface area contributed by atoms with Crippen LogP contribution in [0.3, 0.4) is 0 Å². The molecule has 1 amide bonds. The second-order valence-corrected chi connectivity index (χ2v) is 7.61. The number of ether oxygens (including phenoxy) is 1. The molecule has 2 N–H and O–H groups in total. The van der Waals surface area contributed by atoms with Crippen molar-refractivity contribution in [3.05, 3.63) is 29.3 Å². The number of amides is 1. The molecule has 0 aliphatic carbocycles. The molecule has 7 nitrogen and oxygen atoms in total. The van der Waals surface area contributed by atoms with Crippen LogP contribution in [0.15, 0.2) is 28.2 Å². The van der Waals surface area contributed by atoms with E-state index in [0.29, 0.717) is 28.3 Å². The first-order chi connectivity index (χ1) is 13.6. The van der Waals surface area contributed by atoms with Gasteiger partial charge >= 0.3 is 5.97 Å². The van der Waals surface area contributed by atoms with Gasteiger partial charge in [-0.1, -0.05) is 6.42 Å². The number of rotatable bonds is 8. The maximum Gasteiger partial charge on any atom is 0.341 e. The second-order valence-electron chi connectivity index (χ2n) is 6.73. The first-order valence-electron chi connectivity index (χ1n) is 9.61. The van der Waals surface area contributed by atoms with E-state index in [-0.39, 0.29) is 31.7 Å². The predicted octanol–water partition coefficient (Wildman–Crippen LogP) is 3.36. The zero-order valence-electron chi connectivity index (χ0n) is 16.0. The van der Waals surface area contributed by atoms with Crippen molar-refractivity contribution in [1.29, 1.82) is 0 Å². The van der Waals surface area contributed by atoms with E-state index < -0.39 is 5.97 Å². The lowest BCUT2D eigenvalue weighted by molar-refractivity contribution is -0.118. The Labute approximate surface area is 168 Å². The Morgan fingerprint density at radius 2 is 2.29 bits per heavy atom. The van der Waals surface area contributed by atoms with Crippen LogP contribution in [0.5, 0.6) is 0 Å². The molecule has 152 valence electrons. The van der Waals surface area contributed by atoms with Gasteiger partial charge in [0.25, 0.3) is 0 Å². The summed E-state index contributed by atoms with van der Waals surface area (Å²) in [6.07, 6.45) is 5.36. The van der Waals surface area contributed by atoms with E-state index in [1.807, 2.05) is 0 Å². The average Bonchev–Trinajstić information content (AvgIpc) is 3.33. The number of carbonyl (C=O) groups excluding carboxylic acids is 2. The summed E-state index contributed by atoms with van der Waals surface area (Å²) in [7, 11) is 0. The van der Waals surface area contributed by atoms with Crippen molar-refractivity contribution >= 4 is 28.2 Å². The van der Waals surface area contributed by atoms with Crippen LogP contribution in [0, 0.1) is 0 Å². The van der Waals surface area contributed by atoms with Crippen molar-refractivity contribution in [1.82, 2.24) is 4.90 Å². The Morgan fingerprint density at radius 1 is 1.43 bits per heavy atom. The molecule has 0 bridgehead atoms. The summed E-state index contributed by atoms with van der Waals surface area (Å²) < 4.78 is 10.6. The first kappa shape index (κ1) is 20.6. The Balaban J connectivity index is 1.75. The Hall–Kier alpha value is -2.16. The van der Waals surface area contributed by atoms with Crippen LogP contribution in [-0.4, -0.2) is 54.2 Å². The number of nitrogens with one attached hydrogen (secondary N) is 1. The number of thiophene rings is 1. The maximum atomic E-state index is 12.7. The number of anilines is 1. The minimum Gasteiger partial charge on any atom is -0.464 e. The molecule has 3 heterocycles. The molecule has 1 unspecified atom stereocenters. The fourth-order valence-electron chi connectivity index (χ4n) is 3.56. The van der Waals surface area contributed by atoms with E-state index in [1.54, 1.807) is 24.4 Å². The van der Waals surface area contributed by atoms with Crippen molar-refractivity contribution in [3.63, 3.8) is 0 Å². The van der Waals surface area contributed by atoms with Crippen LogP contribution in [0.1, 0.15) is 43.0 Å². The highest BCUT2D eigenvalue weighted by Crippen LogP contribution is 2.36. The second kappa shape index (κ2) is 9.86. The van der Waals surface area contributed by atoms with Gasteiger partial charge in [-0.25, -0.2) is 4.79 Å². The van der Waals surface area contributed by atoms with Gasteiger partial charge in [-0.3, -0.25) is 9.69 Å². The van der Waals surface area contributed by atoms with Gasteiger partial charge in [0, 0.05) is 23.6 Å². The monoisotopic (exact) mass is 406 g/mol. The molecule has 0 radical (unpaired) electrons. The fourth-order valence-corrected chi connectivity index (χ4v) is 4.52. The van der Waals surface area contributed by atoms with Crippen LogP contribution < -0.4 is 5.32 Å². The maximum absolute atomic E-state index is 12.7. The van der Waals surface area contributed by atoms with Gasteiger partial charge in [-0.15, -0.1) is 11.3 Å². The molecule has 2 aromatic heterocycles. The van der Waals surface area contributed by atoms with Gasteiger partial charge in [0.1, 0.15) is 16.3 Å². The van der Waals surface area contributed by atoms with Gasteiger partial charge < -0.3 is 19.6 Å². The Morgan fingerprint density at radius 3 is 3.00 bits per heavy atom. The summed E-state index contributed by atoms with van der Waals surface area (Å²) in [6.45, 7) is 3.18. The SMILES string of the molecule is CCOC(=O)c1c(-c2ccco2)csc1NC(=O)CN1CCCCC1CCO. The van der Waals surface area contributed by atoms with E-state index >= 15 is 0 Å². The third kappa shape index (κ3) is 4.81. The highest BCUT2D eigenvalue weighted by molar-refractivity contribution is 7.15. The van der Waals surface area contributed by atoms with E-state index in [0.717, 1.165) is 25.8 Å². The molecule has 8 heteroatoms. The number of hydrogen-bond donors (Lipinski definition) is 2. The third-order valence-corrected chi connectivity index (χ3v) is 5.76. The molecule has 1 atom stereocenters. The number of hydrogen-bond acceptors (Lipinski definition) is 7. The number of aliphatic hydroxyl groups is 1. The van der Waals surface area contributed by atoms with E-state index in [4.69, 9.17) is 9.15 Å². The summed E-state index contributed by atoms with van der Waals surface area (Å²) in [5.74, 6) is -0.108. The highest BCUT2D eigenvalue weighted by atomic mass is 32.1. The zero-order chi connectivity index (χ0) is 19.9. The molecule has 1 aliphatic heterocycles. The number of esters is 1. The summed E-state index contributed by atoms with van der Waals surface area (Å²) >= 11 is 1.28. The van der Waals surface area contributed by atoms with Gasteiger partial charge in [0.15, 0.2) is 0 Å². The standard InChI is InChI=1S/C20H26N2O5S/c1-2-26-20(25)18-15(16-7-5-11-27-16)13-28-19(18)21-17(24)12-22-9-4-3-6-14(22)8-10-23/h5,7,11,13-14,23H,2-4,6,8-10,12H2,1H3,(H,21,24). The summed E-state index contributed by atoms with van der Waals surface area (Å²) in [4.78, 5) is 27.3. The lowest BCUT2D eigenvalue weighted by Crippen LogP contribution is -2.44. The average molecular weight is 407 g/mol. The highest BCUT2D eigenvalue weighted by Gasteiger charge is 2.27. The quantitative estimate of drug-likeness (QED) is 0.653. The van der Waals surface area contributed by atoms with Crippen LogP contribution >= 0.6 is 11.3 Å². The van der Waals surface area contributed by atoms with Crippen LogP contribution in [0.2, 0.25) is 0 Å². The zero-order valence-corrected chi connectivity index (χ0v) is 16.8. The van der Waals surface area contributed by atoms with Gasteiger partial charge in [-0.2, -0.15) is 0 Å². The number of piperidine rings is 1. The smallest absolute Gasteiger partial charge is 0.341 e. The largest absolute Gasteiger partial charge is 0.464 e. The van der Waals surface area contributed by atoms with Gasteiger partial charge in [0.05, 0.1) is 19.4 Å². The molecular weight excluding hydrogens is 380 g/mol. The molecule has 3 rings (SSSR count). The molecule has 0 spiro atoms. The Bertz CT molecular complexity index is 785. The minimum atomic E-state index is -0.485. The van der Waals surface area contributed by atoms with E-state index in [2.05, 4.69) is 10.2 Å². The van der Waals surface area contributed by atoms with Crippen molar-refractivity contribution in [3.8, 4) is 11.3 Å². The molecular formula is C20H26N2O5S. The van der Waals surface area contributed by atoms with Gasteiger partial charge in [0.2, 0.25) is 5.91 Å². The molecule has 0 aromatic carbocycles. The fraction of sp³-hybridized carbons (Fsp3) is 0.500. The number of nitrogens with zero attached hydrogens (tertiary/aromatic N) is 1. The molecule has 1 aliphatic rings. The van der Waals surface area contributed by atoms with E-state index in [1.165, 1.54) is 17.6 Å². The lowest BCUT2D eigenvalue weighted by atomic mass is 10.00. The summed E-state index contributed by atoms with van der Waals surface area (Å²) in [5, 5.41) is 14.4. The van der Waals surface area contributed by atoms with E-state index in [9.17, 15) is 14.7 Å². The Kier molecular flexibility index (Phi) is 7.24. The third-order valence-electron chi connectivity index (χ3n) is 4.87. The van der Waals surface area contributed by atoms with Crippen molar-refractivity contribution in [2.45, 2.75) is 38.6 Å². The van der Waals surface area contributed by atoms with Crippen molar-refractivity contribution < 1.29 is 23.8 Å². The normalized spacial score (nSPS) is 17.4. The predicted molar refractivity (Wildman–Crippen MR) is 108 cm³/mol. The van der Waals surface area contributed by atoms with Crippen LogP contribution in [0.4, 0.5) is 5.00 Å². The van der Waals surface area contributed by atoms with Crippen molar-refractivity contribution in [2.24, 2.45) is 0 Å². The van der Waals surface area contributed by atoms with Crippen LogP contribution in [0.25, 0.3) is 11.3 Å². The first-order valence-corrected chi connectivity index (χ1v) is 10.5. The number of likely N-dealkylation sites (tertiary alicyclic amines) is 1. The molecule has 0 saturated carbocycles. The molecule has 28 heavy (non-hydrogen) atoms. The number of aliphatic hydroxyl groups excluding tert-OH is 1. The lowest BCUT2D eigenvalue weighted by Gasteiger charge is -2.34. The summed E-state index contributed by atoms with van der Waals surface area (Å²) in [5.41, 5.74) is 0.931. The van der Waals surface area contributed by atoms with Crippen molar-refractivity contribution in [2.75, 3.05) is 31.6 Å². The number of furan rings is 1. The topological polar surface area (TPSA) is 92.0 Å². The van der Waals surface area contributed by atoms with Gasteiger partial charge in [-0.05, 0) is 44.9 Å². The minimum absolute atomic E-state index is 0.118. The number of carbonyl (C=O) groups is 2. The summed E-state index contributed by atoms with van der Waals surface area (Å²) in [6, 6.07) is 3.73. The molecule has 2 aromatic rings. The molecule has 1 fully saturated rings.